The molecule has 1 aliphatic rings. The van der Waals surface area contributed by atoms with Crippen molar-refractivity contribution in [2.24, 2.45) is 5.73 Å². The lowest BCUT2D eigenvalue weighted by molar-refractivity contribution is -0.116. The summed E-state index contributed by atoms with van der Waals surface area (Å²) in [6.45, 7) is 2.32. The maximum atomic E-state index is 12.5. The molecule has 2 amide bonds. The van der Waals surface area contributed by atoms with E-state index in [9.17, 15) is 9.59 Å². The van der Waals surface area contributed by atoms with Gasteiger partial charge in [-0.3, -0.25) is 9.59 Å². The van der Waals surface area contributed by atoms with Crippen LogP contribution < -0.4 is 11.1 Å². The Balaban J connectivity index is 0.00000288. The number of halogens is 1. The van der Waals surface area contributed by atoms with Crippen LogP contribution in [0.3, 0.4) is 0 Å². The normalized spacial score (nSPS) is 13.5. The molecule has 0 saturated carbocycles. The Morgan fingerprint density at radius 1 is 1.04 bits per heavy atom. The van der Waals surface area contributed by atoms with Crippen LogP contribution in [-0.4, -0.2) is 36.3 Å². The van der Waals surface area contributed by atoms with Gasteiger partial charge in [-0.1, -0.05) is 25.0 Å². The average Bonchev–Trinajstić information content (AvgIpc) is 3.09. The lowest BCUT2D eigenvalue weighted by Gasteiger charge is -2.18. The number of nitrogens with one attached hydrogen (secondary N) is 1. The Bertz CT molecular complexity index is 531. The van der Waals surface area contributed by atoms with Gasteiger partial charge in [-0.2, -0.15) is 0 Å². The van der Waals surface area contributed by atoms with Gasteiger partial charge in [0.05, 0.1) is 11.3 Å². The number of hydrogen-bond donors (Lipinski definition) is 2. The molecule has 2 rings (SSSR count). The Labute approximate surface area is 150 Å². The second-order valence-corrected chi connectivity index (χ2v) is 6.05. The van der Waals surface area contributed by atoms with Crippen LogP contribution in [0.25, 0.3) is 0 Å². The van der Waals surface area contributed by atoms with Crippen molar-refractivity contribution in [3.8, 4) is 0 Å². The molecule has 5 nitrogen and oxygen atoms in total. The minimum absolute atomic E-state index is 0. The van der Waals surface area contributed by atoms with Crippen molar-refractivity contribution in [2.45, 2.75) is 44.9 Å². The first-order chi connectivity index (χ1) is 11.2. The number of nitrogens with zero attached hydrogens (tertiary/aromatic N) is 1. The SMILES string of the molecule is Cl.NCCCCCCC(=O)Nc1ccccc1C(=O)N1CCCC1. The number of hydrogen-bond acceptors (Lipinski definition) is 3. The molecule has 1 aromatic rings. The molecule has 0 unspecified atom stereocenters. The number of likely N-dealkylation sites (tertiary alicyclic amines) is 1. The average molecular weight is 354 g/mol. The van der Waals surface area contributed by atoms with E-state index in [0.29, 0.717) is 24.2 Å². The van der Waals surface area contributed by atoms with E-state index in [0.717, 1.165) is 51.6 Å². The molecule has 1 aliphatic heterocycles. The monoisotopic (exact) mass is 353 g/mol. The van der Waals surface area contributed by atoms with Crippen LogP contribution in [-0.2, 0) is 4.79 Å². The Morgan fingerprint density at radius 2 is 1.71 bits per heavy atom. The number of nitrogens with two attached hydrogens (primary N) is 1. The Morgan fingerprint density at radius 3 is 2.42 bits per heavy atom. The first-order valence-corrected chi connectivity index (χ1v) is 8.60. The van der Waals surface area contributed by atoms with Gasteiger partial charge in [0.25, 0.3) is 5.91 Å². The number of anilines is 1. The van der Waals surface area contributed by atoms with E-state index in [1.165, 1.54) is 0 Å². The van der Waals surface area contributed by atoms with E-state index in [-0.39, 0.29) is 24.2 Å². The fraction of sp³-hybridized carbons (Fsp3) is 0.556. The van der Waals surface area contributed by atoms with Crippen LogP contribution >= 0.6 is 12.4 Å². The molecule has 1 fully saturated rings. The van der Waals surface area contributed by atoms with Crippen molar-refractivity contribution in [3.63, 3.8) is 0 Å². The van der Waals surface area contributed by atoms with Crippen molar-refractivity contribution in [2.75, 3.05) is 25.0 Å². The predicted molar refractivity (Wildman–Crippen MR) is 99.6 cm³/mol. The molecule has 0 radical (unpaired) electrons. The summed E-state index contributed by atoms with van der Waals surface area (Å²) < 4.78 is 0. The van der Waals surface area contributed by atoms with Gasteiger partial charge in [-0.25, -0.2) is 0 Å². The number of para-hydroxylation sites is 1. The van der Waals surface area contributed by atoms with Gasteiger partial charge in [0, 0.05) is 19.5 Å². The van der Waals surface area contributed by atoms with Gasteiger partial charge in [-0.15, -0.1) is 12.4 Å². The fourth-order valence-corrected chi connectivity index (χ4v) is 2.87. The lowest BCUT2D eigenvalue weighted by Crippen LogP contribution is -2.28. The summed E-state index contributed by atoms with van der Waals surface area (Å²) in [6, 6.07) is 7.27. The zero-order chi connectivity index (χ0) is 16.5. The largest absolute Gasteiger partial charge is 0.339 e. The summed E-state index contributed by atoms with van der Waals surface area (Å²) in [6.07, 6.45) is 6.54. The van der Waals surface area contributed by atoms with E-state index in [2.05, 4.69) is 5.32 Å². The summed E-state index contributed by atoms with van der Waals surface area (Å²) in [5.41, 5.74) is 6.66. The third kappa shape index (κ3) is 6.13. The van der Waals surface area contributed by atoms with Gasteiger partial charge in [0.2, 0.25) is 5.91 Å². The van der Waals surface area contributed by atoms with Gasteiger partial charge in [0.15, 0.2) is 0 Å². The minimum Gasteiger partial charge on any atom is -0.339 e. The molecule has 1 saturated heterocycles. The zero-order valence-electron chi connectivity index (χ0n) is 14.1. The maximum Gasteiger partial charge on any atom is 0.255 e. The highest BCUT2D eigenvalue weighted by Gasteiger charge is 2.22. The van der Waals surface area contributed by atoms with E-state index < -0.39 is 0 Å². The summed E-state index contributed by atoms with van der Waals surface area (Å²) in [5, 5.41) is 2.89. The zero-order valence-corrected chi connectivity index (χ0v) is 14.9. The van der Waals surface area contributed by atoms with Crippen LogP contribution in [0.5, 0.6) is 0 Å². The molecule has 0 aliphatic carbocycles. The van der Waals surface area contributed by atoms with Gasteiger partial charge in [-0.05, 0) is 44.4 Å². The van der Waals surface area contributed by atoms with Crippen LogP contribution in [0.1, 0.15) is 55.3 Å². The molecule has 0 bridgehead atoms. The summed E-state index contributed by atoms with van der Waals surface area (Å²) in [7, 11) is 0. The summed E-state index contributed by atoms with van der Waals surface area (Å²) in [5.74, 6) is -0.0132. The van der Waals surface area contributed by atoms with E-state index in [4.69, 9.17) is 5.73 Å². The number of benzene rings is 1. The first-order valence-electron chi connectivity index (χ1n) is 8.60. The molecule has 0 atom stereocenters. The van der Waals surface area contributed by atoms with Crippen LogP contribution in [0.2, 0.25) is 0 Å². The molecular weight excluding hydrogens is 326 g/mol. The van der Waals surface area contributed by atoms with E-state index in [1.807, 2.05) is 17.0 Å². The van der Waals surface area contributed by atoms with Crippen molar-refractivity contribution >= 4 is 29.9 Å². The molecule has 0 spiro atoms. The Kier molecular flexibility index (Phi) is 9.42. The van der Waals surface area contributed by atoms with Crippen molar-refractivity contribution in [1.29, 1.82) is 0 Å². The van der Waals surface area contributed by atoms with Crippen molar-refractivity contribution < 1.29 is 9.59 Å². The number of amides is 2. The predicted octanol–water partition coefficient (Wildman–Crippen LogP) is 3.19. The number of carbonyl (C=O) groups excluding carboxylic acids is 2. The topological polar surface area (TPSA) is 75.4 Å². The fourth-order valence-electron chi connectivity index (χ4n) is 2.87. The van der Waals surface area contributed by atoms with Gasteiger partial charge < -0.3 is 16.0 Å². The smallest absolute Gasteiger partial charge is 0.255 e. The highest BCUT2D eigenvalue weighted by molar-refractivity contribution is 6.03. The summed E-state index contributed by atoms with van der Waals surface area (Å²) in [4.78, 5) is 26.5. The molecule has 24 heavy (non-hydrogen) atoms. The molecule has 1 aromatic carbocycles. The second kappa shape index (κ2) is 11.0. The Hall–Kier alpha value is -1.59. The van der Waals surface area contributed by atoms with Crippen molar-refractivity contribution in [3.05, 3.63) is 29.8 Å². The number of rotatable bonds is 8. The van der Waals surface area contributed by atoms with E-state index >= 15 is 0 Å². The van der Waals surface area contributed by atoms with Crippen molar-refractivity contribution in [1.82, 2.24) is 4.90 Å². The third-order valence-corrected chi connectivity index (χ3v) is 4.18. The molecule has 3 N–H and O–H groups in total. The van der Waals surface area contributed by atoms with Crippen LogP contribution in [0.15, 0.2) is 24.3 Å². The van der Waals surface area contributed by atoms with Crippen LogP contribution in [0.4, 0.5) is 5.69 Å². The highest BCUT2D eigenvalue weighted by Crippen LogP contribution is 2.20. The number of carbonyl (C=O) groups is 2. The number of unbranched alkanes of at least 4 members (excludes halogenated alkanes) is 3. The second-order valence-electron chi connectivity index (χ2n) is 6.05. The van der Waals surface area contributed by atoms with E-state index in [1.54, 1.807) is 12.1 Å². The molecule has 0 aromatic heterocycles. The standard InChI is InChI=1S/C18H27N3O2.ClH/c19-12-6-2-1-3-11-17(22)20-16-10-5-4-9-15(16)18(23)21-13-7-8-14-21;/h4-5,9-10H,1-3,6-8,11-14,19H2,(H,20,22);1H. The van der Waals surface area contributed by atoms with Crippen LogP contribution in [0, 0.1) is 0 Å². The molecule has 1 heterocycles. The maximum absolute atomic E-state index is 12.5. The molecular formula is C18H28ClN3O2. The third-order valence-electron chi connectivity index (χ3n) is 4.18. The first kappa shape index (κ1) is 20.5. The minimum atomic E-state index is -0.0283. The highest BCUT2D eigenvalue weighted by atomic mass is 35.5. The molecule has 134 valence electrons. The lowest BCUT2D eigenvalue weighted by atomic mass is 10.1. The molecule has 6 heteroatoms. The quantitative estimate of drug-likeness (QED) is 0.705. The summed E-state index contributed by atoms with van der Waals surface area (Å²) >= 11 is 0. The van der Waals surface area contributed by atoms with Gasteiger partial charge in [0.1, 0.15) is 0 Å². The van der Waals surface area contributed by atoms with Gasteiger partial charge >= 0.3 is 0 Å².